The van der Waals surface area contributed by atoms with Crippen molar-refractivity contribution in [3.63, 3.8) is 0 Å². The number of carbonyl (C=O) groups excluding carboxylic acids is 1. The topological polar surface area (TPSA) is 23.6 Å². The fourth-order valence-corrected chi connectivity index (χ4v) is 3.01. The lowest BCUT2D eigenvalue weighted by Gasteiger charge is -2.35. The second-order valence-corrected chi connectivity index (χ2v) is 6.49. The fraction of sp³-hybridized carbons (Fsp3) is 0.350. The van der Waals surface area contributed by atoms with Crippen LogP contribution in [0.2, 0.25) is 0 Å². The van der Waals surface area contributed by atoms with Gasteiger partial charge >= 0.3 is 0 Å². The number of rotatable bonds is 3. The molecular weight excluding hydrogens is 303 g/mol. The summed E-state index contributed by atoms with van der Waals surface area (Å²) in [5.74, 6) is -0.0953. The van der Waals surface area contributed by atoms with Crippen LogP contribution < -0.4 is 0 Å². The van der Waals surface area contributed by atoms with Gasteiger partial charge in [-0.15, -0.1) is 0 Å². The molecule has 3 nitrogen and oxygen atoms in total. The Balaban J connectivity index is 1.57. The first-order chi connectivity index (χ1) is 11.5. The molecule has 0 saturated carbocycles. The summed E-state index contributed by atoms with van der Waals surface area (Å²) in [4.78, 5) is 16.9. The zero-order chi connectivity index (χ0) is 17.1. The highest BCUT2D eigenvalue weighted by Crippen LogP contribution is 2.15. The molecule has 0 N–H and O–H groups in total. The van der Waals surface area contributed by atoms with Crippen LogP contribution in [0.15, 0.2) is 42.5 Å². The van der Waals surface area contributed by atoms with E-state index in [1.807, 2.05) is 42.2 Å². The average molecular weight is 326 g/mol. The van der Waals surface area contributed by atoms with Gasteiger partial charge in [-0.1, -0.05) is 18.2 Å². The zero-order valence-electron chi connectivity index (χ0n) is 14.3. The molecule has 24 heavy (non-hydrogen) atoms. The van der Waals surface area contributed by atoms with Crippen molar-refractivity contribution in [2.24, 2.45) is 0 Å². The maximum atomic E-state index is 13.0. The Bertz CT molecular complexity index is 719. The average Bonchev–Trinajstić information content (AvgIpc) is 2.59. The number of aryl methyl sites for hydroxylation is 2. The van der Waals surface area contributed by atoms with Crippen molar-refractivity contribution in [1.82, 2.24) is 9.80 Å². The van der Waals surface area contributed by atoms with E-state index in [9.17, 15) is 9.18 Å². The highest BCUT2D eigenvalue weighted by Gasteiger charge is 2.22. The van der Waals surface area contributed by atoms with Crippen molar-refractivity contribution in [3.05, 3.63) is 70.5 Å². The third-order valence-corrected chi connectivity index (χ3v) is 4.73. The molecule has 1 amide bonds. The van der Waals surface area contributed by atoms with E-state index in [4.69, 9.17) is 0 Å². The molecule has 4 heteroatoms. The quantitative estimate of drug-likeness (QED) is 0.863. The van der Waals surface area contributed by atoms with Gasteiger partial charge in [0, 0.05) is 38.3 Å². The van der Waals surface area contributed by atoms with E-state index in [1.54, 1.807) is 0 Å². The third kappa shape index (κ3) is 3.82. The summed E-state index contributed by atoms with van der Waals surface area (Å²) in [6, 6.07) is 12.5. The van der Waals surface area contributed by atoms with E-state index in [2.05, 4.69) is 11.8 Å². The van der Waals surface area contributed by atoms with Gasteiger partial charge < -0.3 is 4.90 Å². The zero-order valence-corrected chi connectivity index (χ0v) is 14.3. The Morgan fingerprint density at radius 2 is 1.62 bits per heavy atom. The molecule has 126 valence electrons. The van der Waals surface area contributed by atoms with Crippen LogP contribution in [0, 0.1) is 19.7 Å². The van der Waals surface area contributed by atoms with Crippen LogP contribution >= 0.6 is 0 Å². The van der Waals surface area contributed by atoms with Crippen molar-refractivity contribution in [2.45, 2.75) is 20.4 Å². The molecule has 1 fully saturated rings. The molecule has 1 saturated heterocycles. The standard InChI is InChI=1S/C20H23FN2O/c1-15-3-6-18(13-16(15)2)20(24)23-11-9-22(10-12-23)14-17-4-7-19(21)8-5-17/h3-8,13H,9-12,14H2,1-2H3. The number of piperazine rings is 1. The van der Waals surface area contributed by atoms with Gasteiger partial charge in [0.25, 0.3) is 5.91 Å². The third-order valence-electron chi connectivity index (χ3n) is 4.73. The number of hydrogen-bond acceptors (Lipinski definition) is 2. The van der Waals surface area contributed by atoms with Crippen LogP contribution in [0.5, 0.6) is 0 Å². The van der Waals surface area contributed by atoms with Gasteiger partial charge in [0.2, 0.25) is 0 Å². The number of hydrogen-bond donors (Lipinski definition) is 0. The summed E-state index contributed by atoms with van der Waals surface area (Å²) < 4.78 is 13.0. The predicted octanol–water partition coefficient (Wildman–Crippen LogP) is 3.40. The Hall–Kier alpha value is -2.20. The number of halogens is 1. The first kappa shape index (κ1) is 16.7. The van der Waals surface area contributed by atoms with Gasteiger partial charge in [0.05, 0.1) is 0 Å². The first-order valence-electron chi connectivity index (χ1n) is 8.36. The summed E-state index contributed by atoms with van der Waals surface area (Å²) in [6.45, 7) is 8.03. The molecule has 0 radical (unpaired) electrons. The molecule has 3 rings (SSSR count). The Morgan fingerprint density at radius 1 is 0.958 bits per heavy atom. The van der Waals surface area contributed by atoms with Crippen molar-refractivity contribution in [1.29, 1.82) is 0 Å². The van der Waals surface area contributed by atoms with E-state index in [1.165, 1.54) is 17.7 Å². The summed E-state index contributed by atoms with van der Waals surface area (Å²) in [5, 5.41) is 0. The van der Waals surface area contributed by atoms with Crippen molar-refractivity contribution >= 4 is 5.91 Å². The molecular formula is C20H23FN2O. The smallest absolute Gasteiger partial charge is 0.253 e. The minimum absolute atomic E-state index is 0.111. The molecule has 1 aliphatic heterocycles. The Labute approximate surface area is 142 Å². The van der Waals surface area contributed by atoms with Crippen LogP contribution in [0.4, 0.5) is 4.39 Å². The number of benzene rings is 2. The number of amides is 1. The molecule has 0 unspecified atom stereocenters. The Kier molecular flexibility index (Phi) is 4.95. The monoisotopic (exact) mass is 326 g/mol. The second-order valence-electron chi connectivity index (χ2n) is 6.49. The normalized spacial score (nSPS) is 15.5. The molecule has 0 bridgehead atoms. The fourth-order valence-electron chi connectivity index (χ4n) is 3.01. The van der Waals surface area contributed by atoms with Gasteiger partial charge in [0.15, 0.2) is 0 Å². The van der Waals surface area contributed by atoms with Crippen LogP contribution in [0.1, 0.15) is 27.0 Å². The van der Waals surface area contributed by atoms with Gasteiger partial charge in [-0.05, 0) is 54.8 Å². The van der Waals surface area contributed by atoms with Crippen LogP contribution in [-0.4, -0.2) is 41.9 Å². The summed E-state index contributed by atoms with van der Waals surface area (Å²) in [7, 11) is 0. The maximum Gasteiger partial charge on any atom is 0.253 e. The molecule has 0 atom stereocenters. The number of nitrogens with zero attached hydrogens (tertiary/aromatic N) is 2. The van der Waals surface area contributed by atoms with E-state index < -0.39 is 0 Å². The van der Waals surface area contributed by atoms with Gasteiger partial charge in [-0.25, -0.2) is 4.39 Å². The highest BCUT2D eigenvalue weighted by molar-refractivity contribution is 5.94. The minimum Gasteiger partial charge on any atom is -0.336 e. The van der Waals surface area contributed by atoms with Crippen LogP contribution in [-0.2, 0) is 6.54 Å². The van der Waals surface area contributed by atoms with Gasteiger partial charge in [0.1, 0.15) is 5.82 Å². The molecule has 1 heterocycles. The summed E-state index contributed by atoms with van der Waals surface area (Å²) in [6.07, 6.45) is 0. The van der Waals surface area contributed by atoms with Crippen LogP contribution in [0.25, 0.3) is 0 Å². The molecule has 0 aliphatic carbocycles. The van der Waals surface area contributed by atoms with Gasteiger partial charge in [-0.2, -0.15) is 0 Å². The summed E-state index contributed by atoms with van der Waals surface area (Å²) >= 11 is 0. The molecule has 0 spiro atoms. The molecule has 0 aromatic heterocycles. The molecule has 2 aromatic rings. The lowest BCUT2D eigenvalue weighted by atomic mass is 10.1. The summed E-state index contributed by atoms with van der Waals surface area (Å²) in [5.41, 5.74) is 4.22. The van der Waals surface area contributed by atoms with E-state index in [0.717, 1.165) is 49.4 Å². The minimum atomic E-state index is -0.206. The van der Waals surface area contributed by atoms with E-state index >= 15 is 0 Å². The molecule has 2 aromatic carbocycles. The van der Waals surface area contributed by atoms with Crippen LogP contribution in [0.3, 0.4) is 0 Å². The Morgan fingerprint density at radius 3 is 2.25 bits per heavy atom. The van der Waals surface area contributed by atoms with Gasteiger partial charge in [-0.3, -0.25) is 9.69 Å². The first-order valence-corrected chi connectivity index (χ1v) is 8.36. The van der Waals surface area contributed by atoms with Crippen molar-refractivity contribution in [3.8, 4) is 0 Å². The second kappa shape index (κ2) is 7.14. The van der Waals surface area contributed by atoms with E-state index in [0.29, 0.717) is 0 Å². The lowest BCUT2D eigenvalue weighted by Crippen LogP contribution is -2.48. The molecule has 1 aliphatic rings. The van der Waals surface area contributed by atoms with Crippen molar-refractivity contribution < 1.29 is 9.18 Å². The maximum absolute atomic E-state index is 13.0. The number of carbonyl (C=O) groups is 1. The van der Waals surface area contributed by atoms with E-state index in [-0.39, 0.29) is 11.7 Å². The SMILES string of the molecule is Cc1ccc(C(=O)N2CCN(Cc3ccc(F)cc3)CC2)cc1C. The predicted molar refractivity (Wildman–Crippen MR) is 93.5 cm³/mol. The lowest BCUT2D eigenvalue weighted by molar-refractivity contribution is 0.0628. The largest absolute Gasteiger partial charge is 0.336 e. The van der Waals surface area contributed by atoms with Crippen molar-refractivity contribution in [2.75, 3.05) is 26.2 Å². The highest BCUT2D eigenvalue weighted by atomic mass is 19.1.